The quantitative estimate of drug-likeness (QED) is 0.289. The molecule has 6 aromatic rings. The summed E-state index contributed by atoms with van der Waals surface area (Å²) >= 11 is 0. The fourth-order valence-corrected chi connectivity index (χ4v) is 4.86. The lowest BCUT2D eigenvalue weighted by Crippen LogP contribution is -2.28. The van der Waals surface area contributed by atoms with Gasteiger partial charge < -0.3 is 10.1 Å². The molecule has 6 rings (SSSR count). The van der Waals surface area contributed by atoms with Gasteiger partial charge in [0.1, 0.15) is 18.0 Å². The molecule has 3 heterocycles. The standard InChI is InChI=1S/C31H24N8O2/c1-3-24(37-28-23-14-19(15-32)12-13-25(23)35-18-36-28)29-38-26-11-7-10-22(20-16-33-31(41-2)34-17-20)27(26)30(40)39(29)21-8-5-4-6-9-21/h4-14,16-18,24H,3H2,1-2H3,(H,35,36,37). The molecule has 0 radical (unpaired) electrons. The summed E-state index contributed by atoms with van der Waals surface area (Å²) in [5.41, 5.74) is 3.56. The van der Waals surface area contributed by atoms with Gasteiger partial charge in [0, 0.05) is 23.3 Å². The van der Waals surface area contributed by atoms with Crippen LogP contribution in [0.15, 0.2) is 90.2 Å². The van der Waals surface area contributed by atoms with Crippen LogP contribution in [0, 0.1) is 11.3 Å². The number of anilines is 1. The third-order valence-electron chi connectivity index (χ3n) is 6.85. The van der Waals surface area contributed by atoms with Crippen LogP contribution >= 0.6 is 0 Å². The van der Waals surface area contributed by atoms with E-state index in [0.29, 0.717) is 62.2 Å². The Balaban J connectivity index is 1.56. The Morgan fingerprint density at radius 2 is 1.78 bits per heavy atom. The number of methoxy groups -OCH3 is 1. The number of benzene rings is 3. The van der Waals surface area contributed by atoms with Gasteiger partial charge in [0.15, 0.2) is 0 Å². The van der Waals surface area contributed by atoms with E-state index in [0.717, 1.165) is 0 Å². The smallest absolute Gasteiger partial charge is 0.316 e. The number of nitriles is 1. The Kier molecular flexibility index (Phi) is 6.75. The largest absolute Gasteiger partial charge is 0.467 e. The SMILES string of the molecule is CCC(Nc1ncnc2ccc(C#N)cc12)c1nc2cccc(-c3cnc(OC)nc3)c2c(=O)n1-c1ccccc1. The zero-order valence-electron chi connectivity index (χ0n) is 22.3. The number of para-hydroxylation sites is 1. The van der Waals surface area contributed by atoms with E-state index in [1.807, 2.05) is 55.5 Å². The van der Waals surface area contributed by atoms with Crippen molar-refractivity contribution < 1.29 is 4.74 Å². The summed E-state index contributed by atoms with van der Waals surface area (Å²) in [5, 5.41) is 14.1. The van der Waals surface area contributed by atoms with Crippen molar-refractivity contribution >= 4 is 27.6 Å². The van der Waals surface area contributed by atoms with Crippen molar-refractivity contribution in [1.82, 2.24) is 29.5 Å². The van der Waals surface area contributed by atoms with Gasteiger partial charge in [-0.15, -0.1) is 0 Å². The molecule has 200 valence electrons. The fraction of sp³-hybridized carbons (Fsp3) is 0.129. The molecule has 0 bridgehead atoms. The minimum atomic E-state index is -0.399. The van der Waals surface area contributed by atoms with Crippen molar-refractivity contribution in [3.8, 4) is 28.9 Å². The van der Waals surface area contributed by atoms with Crippen LogP contribution in [0.5, 0.6) is 6.01 Å². The molecule has 0 saturated heterocycles. The van der Waals surface area contributed by atoms with Gasteiger partial charge in [-0.05, 0) is 48.4 Å². The van der Waals surface area contributed by atoms with Crippen molar-refractivity contribution in [3.05, 3.63) is 107 Å². The Morgan fingerprint density at radius 3 is 2.51 bits per heavy atom. The average molecular weight is 541 g/mol. The molecule has 0 spiro atoms. The Morgan fingerprint density at radius 1 is 0.976 bits per heavy atom. The van der Waals surface area contributed by atoms with Gasteiger partial charge in [-0.25, -0.2) is 24.9 Å². The van der Waals surface area contributed by atoms with Gasteiger partial charge in [0.05, 0.1) is 46.9 Å². The highest BCUT2D eigenvalue weighted by Gasteiger charge is 2.23. The number of hydrogen-bond donors (Lipinski definition) is 1. The van der Waals surface area contributed by atoms with Crippen molar-refractivity contribution in [2.45, 2.75) is 19.4 Å². The minimum absolute atomic E-state index is 0.220. The molecule has 0 saturated carbocycles. The molecular formula is C31H24N8O2. The highest BCUT2D eigenvalue weighted by molar-refractivity contribution is 5.94. The molecule has 3 aromatic carbocycles. The van der Waals surface area contributed by atoms with Gasteiger partial charge in [0.2, 0.25) is 0 Å². The highest BCUT2D eigenvalue weighted by atomic mass is 16.5. The van der Waals surface area contributed by atoms with E-state index in [2.05, 4.69) is 31.3 Å². The molecule has 10 heteroatoms. The zero-order chi connectivity index (χ0) is 28.3. The Bertz CT molecular complexity index is 1980. The molecule has 0 aliphatic heterocycles. The van der Waals surface area contributed by atoms with E-state index in [-0.39, 0.29) is 11.6 Å². The van der Waals surface area contributed by atoms with Crippen LogP contribution in [0.1, 0.15) is 30.8 Å². The molecule has 10 nitrogen and oxygen atoms in total. The van der Waals surface area contributed by atoms with E-state index in [4.69, 9.17) is 9.72 Å². The first-order valence-electron chi connectivity index (χ1n) is 13.0. The van der Waals surface area contributed by atoms with Crippen LogP contribution in [0.2, 0.25) is 0 Å². The molecule has 0 amide bonds. The third-order valence-corrected chi connectivity index (χ3v) is 6.85. The number of fused-ring (bicyclic) bond motifs is 2. The molecule has 0 aliphatic rings. The third kappa shape index (κ3) is 4.70. The monoisotopic (exact) mass is 540 g/mol. The van der Waals surface area contributed by atoms with Crippen LogP contribution < -0.4 is 15.6 Å². The van der Waals surface area contributed by atoms with E-state index < -0.39 is 6.04 Å². The predicted molar refractivity (Wildman–Crippen MR) is 156 cm³/mol. The molecule has 0 aliphatic carbocycles. The molecule has 0 fully saturated rings. The van der Waals surface area contributed by atoms with Crippen LogP contribution in [-0.2, 0) is 0 Å². The maximum absolute atomic E-state index is 14.4. The zero-order valence-corrected chi connectivity index (χ0v) is 22.3. The van der Waals surface area contributed by atoms with Crippen molar-refractivity contribution in [3.63, 3.8) is 0 Å². The maximum atomic E-state index is 14.4. The van der Waals surface area contributed by atoms with Crippen molar-refractivity contribution in [1.29, 1.82) is 5.26 Å². The summed E-state index contributed by atoms with van der Waals surface area (Å²) in [4.78, 5) is 36.7. The number of ether oxygens (including phenoxy) is 1. The summed E-state index contributed by atoms with van der Waals surface area (Å²) in [7, 11) is 1.50. The van der Waals surface area contributed by atoms with E-state index in [1.54, 1.807) is 35.2 Å². The topological polar surface area (TPSA) is 132 Å². The molecule has 1 N–H and O–H groups in total. The van der Waals surface area contributed by atoms with Gasteiger partial charge in [-0.3, -0.25) is 9.36 Å². The number of hydrogen-bond acceptors (Lipinski definition) is 9. The van der Waals surface area contributed by atoms with Crippen LogP contribution in [0.4, 0.5) is 5.82 Å². The lowest BCUT2D eigenvalue weighted by Gasteiger charge is -2.23. The summed E-state index contributed by atoms with van der Waals surface area (Å²) in [6, 6.07) is 22.3. The lowest BCUT2D eigenvalue weighted by molar-refractivity contribution is 0.380. The van der Waals surface area contributed by atoms with Crippen molar-refractivity contribution in [2.75, 3.05) is 12.4 Å². The summed E-state index contributed by atoms with van der Waals surface area (Å²) < 4.78 is 6.74. The second-order valence-electron chi connectivity index (χ2n) is 9.28. The predicted octanol–water partition coefficient (Wildman–Crippen LogP) is 5.23. The van der Waals surface area contributed by atoms with Gasteiger partial charge in [0.25, 0.3) is 5.56 Å². The summed E-state index contributed by atoms with van der Waals surface area (Å²) in [6.45, 7) is 2.01. The number of nitrogens with one attached hydrogen (secondary N) is 1. The fourth-order valence-electron chi connectivity index (χ4n) is 4.86. The molecule has 3 aromatic heterocycles. The number of rotatable bonds is 7. The van der Waals surface area contributed by atoms with Gasteiger partial charge in [-0.2, -0.15) is 5.26 Å². The average Bonchev–Trinajstić information content (AvgIpc) is 3.03. The molecule has 1 atom stereocenters. The van der Waals surface area contributed by atoms with E-state index in [9.17, 15) is 10.1 Å². The van der Waals surface area contributed by atoms with Crippen molar-refractivity contribution in [2.24, 2.45) is 0 Å². The summed E-state index contributed by atoms with van der Waals surface area (Å²) in [5.74, 6) is 1.08. The summed E-state index contributed by atoms with van der Waals surface area (Å²) in [6.07, 6.45) is 5.34. The number of nitrogens with zero attached hydrogens (tertiary/aromatic N) is 7. The van der Waals surface area contributed by atoms with E-state index >= 15 is 0 Å². The lowest BCUT2D eigenvalue weighted by atomic mass is 10.0. The van der Waals surface area contributed by atoms with Gasteiger partial charge in [-0.1, -0.05) is 37.3 Å². The first kappa shape index (κ1) is 25.6. The minimum Gasteiger partial charge on any atom is -0.467 e. The van der Waals surface area contributed by atoms with E-state index in [1.165, 1.54) is 13.4 Å². The first-order chi connectivity index (χ1) is 20.1. The maximum Gasteiger partial charge on any atom is 0.316 e. The Hall–Kier alpha value is -5.69. The number of aromatic nitrogens is 6. The first-order valence-corrected chi connectivity index (χ1v) is 13.0. The molecule has 41 heavy (non-hydrogen) atoms. The highest BCUT2D eigenvalue weighted by Crippen LogP contribution is 2.30. The second kappa shape index (κ2) is 10.8. The van der Waals surface area contributed by atoms with Crippen LogP contribution in [0.25, 0.3) is 38.6 Å². The van der Waals surface area contributed by atoms with Crippen LogP contribution in [-0.4, -0.2) is 36.6 Å². The second-order valence-corrected chi connectivity index (χ2v) is 9.28. The normalized spacial score (nSPS) is 11.7. The molecule has 1 unspecified atom stereocenters. The Labute approximate surface area is 235 Å². The van der Waals surface area contributed by atoms with Gasteiger partial charge >= 0.3 is 6.01 Å². The molecular weight excluding hydrogens is 516 g/mol. The van der Waals surface area contributed by atoms with Crippen LogP contribution in [0.3, 0.4) is 0 Å².